The predicted octanol–water partition coefficient (Wildman–Crippen LogP) is 3.15. The molecule has 1 amide bonds. The quantitative estimate of drug-likeness (QED) is 0.653. The van der Waals surface area contributed by atoms with Gasteiger partial charge in [-0.3, -0.25) is 14.6 Å². The Balaban J connectivity index is 1.18. The molecular formula is C27H35N3O4. The molecule has 7 nitrogen and oxygen atoms in total. The molecule has 0 spiro atoms. The van der Waals surface area contributed by atoms with Crippen molar-refractivity contribution in [3.63, 3.8) is 0 Å². The second-order valence-electron chi connectivity index (χ2n) is 9.80. The van der Waals surface area contributed by atoms with E-state index in [1.54, 1.807) is 6.92 Å². The van der Waals surface area contributed by atoms with Crippen LogP contribution in [-0.4, -0.2) is 73.3 Å². The van der Waals surface area contributed by atoms with Crippen LogP contribution in [0.3, 0.4) is 0 Å². The van der Waals surface area contributed by atoms with Gasteiger partial charge in [0.15, 0.2) is 11.5 Å². The zero-order valence-corrected chi connectivity index (χ0v) is 20.3. The molecule has 5 rings (SSSR count). The van der Waals surface area contributed by atoms with Crippen LogP contribution in [0, 0.1) is 5.92 Å². The summed E-state index contributed by atoms with van der Waals surface area (Å²) in [6.45, 7) is 12.3. The number of hydrogen-bond donors (Lipinski definition) is 0. The van der Waals surface area contributed by atoms with Gasteiger partial charge in [0.25, 0.3) is 0 Å². The van der Waals surface area contributed by atoms with E-state index < -0.39 is 0 Å². The Hall–Kier alpha value is -2.77. The molecule has 1 fully saturated rings. The molecular weight excluding hydrogens is 430 g/mol. The second-order valence-corrected chi connectivity index (χ2v) is 9.80. The third-order valence-corrected chi connectivity index (χ3v) is 7.00. The Labute approximate surface area is 202 Å². The fraction of sp³-hybridized carbons (Fsp3) is 0.519. The van der Waals surface area contributed by atoms with E-state index in [9.17, 15) is 4.79 Å². The van der Waals surface area contributed by atoms with Gasteiger partial charge in [-0.25, -0.2) is 0 Å². The van der Waals surface area contributed by atoms with Gasteiger partial charge >= 0.3 is 0 Å². The fourth-order valence-corrected chi connectivity index (χ4v) is 5.21. The summed E-state index contributed by atoms with van der Waals surface area (Å²) in [6, 6.07) is 12.9. The predicted molar refractivity (Wildman–Crippen MR) is 130 cm³/mol. The number of piperazine rings is 1. The van der Waals surface area contributed by atoms with Crippen LogP contribution in [-0.2, 0) is 24.3 Å². The van der Waals surface area contributed by atoms with E-state index in [2.05, 4.69) is 47.1 Å². The largest absolute Gasteiger partial charge is 0.492 e. The van der Waals surface area contributed by atoms with E-state index in [-0.39, 0.29) is 5.91 Å². The highest BCUT2D eigenvalue weighted by Gasteiger charge is 2.21. The Morgan fingerprint density at radius 3 is 2.47 bits per heavy atom. The fourth-order valence-electron chi connectivity index (χ4n) is 5.21. The topological polar surface area (TPSA) is 54.5 Å². The van der Waals surface area contributed by atoms with Crippen molar-refractivity contribution >= 4 is 5.91 Å². The molecule has 1 saturated heterocycles. The van der Waals surface area contributed by atoms with Gasteiger partial charge in [-0.2, -0.15) is 0 Å². The van der Waals surface area contributed by atoms with E-state index in [0.717, 1.165) is 82.6 Å². The number of ether oxygens (including phenoxy) is 3. The van der Waals surface area contributed by atoms with Crippen molar-refractivity contribution < 1.29 is 19.0 Å². The van der Waals surface area contributed by atoms with Gasteiger partial charge in [0.1, 0.15) is 12.4 Å². The number of fused-ring (bicyclic) bond motifs is 2. The third kappa shape index (κ3) is 5.47. The van der Waals surface area contributed by atoms with Crippen LogP contribution in [0.1, 0.15) is 30.5 Å². The van der Waals surface area contributed by atoms with Crippen LogP contribution in [0.2, 0.25) is 0 Å². The number of rotatable bonds is 6. The summed E-state index contributed by atoms with van der Waals surface area (Å²) in [7, 11) is 0. The smallest absolute Gasteiger partial charge is 0.231 e. The monoisotopic (exact) mass is 465 g/mol. The zero-order chi connectivity index (χ0) is 23.5. The minimum atomic E-state index is 0.176. The molecule has 2 aromatic rings. The van der Waals surface area contributed by atoms with Crippen LogP contribution >= 0.6 is 0 Å². The molecule has 0 saturated carbocycles. The summed E-state index contributed by atoms with van der Waals surface area (Å²) in [4.78, 5) is 18.5. The van der Waals surface area contributed by atoms with Gasteiger partial charge in [-0.1, -0.05) is 19.1 Å². The van der Waals surface area contributed by atoms with Gasteiger partial charge in [0.2, 0.25) is 12.7 Å². The molecule has 7 heteroatoms. The lowest BCUT2D eigenvalue weighted by Gasteiger charge is -2.34. The molecule has 1 unspecified atom stereocenters. The van der Waals surface area contributed by atoms with Crippen LogP contribution in [0.15, 0.2) is 36.4 Å². The highest BCUT2D eigenvalue weighted by molar-refractivity contribution is 5.73. The first kappa shape index (κ1) is 23.0. The SMILES string of the molecule is CC(=O)N1CCN(Cc2ccc3c(c2)CN(CC(C)Cc2ccc4c(c2)OCO4)CCO3)CC1. The summed E-state index contributed by atoms with van der Waals surface area (Å²) >= 11 is 0. The minimum absolute atomic E-state index is 0.176. The molecule has 3 heterocycles. The third-order valence-electron chi connectivity index (χ3n) is 7.00. The van der Waals surface area contributed by atoms with Crippen molar-refractivity contribution in [3.05, 3.63) is 53.1 Å². The maximum Gasteiger partial charge on any atom is 0.231 e. The minimum Gasteiger partial charge on any atom is -0.492 e. The molecule has 1 atom stereocenters. The summed E-state index contributed by atoms with van der Waals surface area (Å²) in [5.41, 5.74) is 3.87. The van der Waals surface area contributed by atoms with E-state index in [4.69, 9.17) is 14.2 Å². The number of carbonyl (C=O) groups excluding carboxylic acids is 1. The average Bonchev–Trinajstić information content (AvgIpc) is 3.19. The molecule has 2 aromatic carbocycles. The molecule has 3 aliphatic rings. The molecule has 0 bridgehead atoms. The number of hydrogen-bond acceptors (Lipinski definition) is 6. The van der Waals surface area contributed by atoms with Crippen LogP contribution in [0.5, 0.6) is 17.2 Å². The van der Waals surface area contributed by atoms with E-state index in [1.807, 2.05) is 11.0 Å². The molecule has 182 valence electrons. The second kappa shape index (κ2) is 10.2. The van der Waals surface area contributed by atoms with Gasteiger partial charge in [0, 0.05) is 64.8 Å². The lowest BCUT2D eigenvalue weighted by atomic mass is 9.99. The van der Waals surface area contributed by atoms with Gasteiger partial charge in [-0.05, 0) is 47.7 Å². The van der Waals surface area contributed by atoms with Crippen molar-refractivity contribution in [1.29, 1.82) is 0 Å². The lowest BCUT2D eigenvalue weighted by molar-refractivity contribution is -0.130. The lowest BCUT2D eigenvalue weighted by Crippen LogP contribution is -2.47. The maximum atomic E-state index is 11.6. The molecule has 0 aromatic heterocycles. The zero-order valence-electron chi connectivity index (χ0n) is 20.3. The standard InChI is InChI=1S/C27H35N3O4/c1-20(13-22-3-6-26-27(15-22)34-19-33-26)16-29-11-12-32-25-5-4-23(14-24(25)18-29)17-28-7-9-30(10-8-28)21(2)31/h3-6,14-15,20H,7-13,16-19H2,1-2H3. The number of carbonyl (C=O) groups is 1. The Morgan fingerprint density at radius 2 is 1.65 bits per heavy atom. The Bertz CT molecular complexity index is 1020. The first-order valence-electron chi connectivity index (χ1n) is 12.4. The first-order valence-corrected chi connectivity index (χ1v) is 12.4. The van der Waals surface area contributed by atoms with Crippen molar-refractivity contribution in [1.82, 2.24) is 14.7 Å². The van der Waals surface area contributed by atoms with Crippen molar-refractivity contribution in [2.75, 3.05) is 52.7 Å². The molecule has 34 heavy (non-hydrogen) atoms. The highest BCUT2D eigenvalue weighted by atomic mass is 16.7. The number of nitrogens with zero attached hydrogens (tertiary/aromatic N) is 3. The summed E-state index contributed by atoms with van der Waals surface area (Å²) in [6.07, 6.45) is 1.01. The summed E-state index contributed by atoms with van der Waals surface area (Å²) in [5, 5.41) is 0. The highest BCUT2D eigenvalue weighted by Crippen LogP contribution is 2.33. The number of benzene rings is 2. The van der Waals surface area contributed by atoms with Crippen LogP contribution in [0.25, 0.3) is 0 Å². The van der Waals surface area contributed by atoms with Crippen molar-refractivity contribution in [2.45, 2.75) is 33.4 Å². The maximum absolute atomic E-state index is 11.6. The van der Waals surface area contributed by atoms with E-state index in [1.165, 1.54) is 16.7 Å². The molecule has 0 N–H and O–H groups in total. The Morgan fingerprint density at radius 1 is 0.882 bits per heavy atom. The number of amides is 1. The Kier molecular flexibility index (Phi) is 6.92. The molecule has 3 aliphatic heterocycles. The first-order chi connectivity index (χ1) is 16.5. The van der Waals surface area contributed by atoms with Gasteiger partial charge in [0.05, 0.1) is 0 Å². The molecule has 0 radical (unpaired) electrons. The summed E-state index contributed by atoms with van der Waals surface area (Å²) in [5.74, 6) is 3.40. The van der Waals surface area contributed by atoms with Gasteiger partial charge < -0.3 is 19.1 Å². The van der Waals surface area contributed by atoms with Crippen molar-refractivity contribution in [3.8, 4) is 17.2 Å². The van der Waals surface area contributed by atoms with Crippen molar-refractivity contribution in [2.24, 2.45) is 5.92 Å². The van der Waals surface area contributed by atoms with Crippen LogP contribution < -0.4 is 14.2 Å². The summed E-state index contributed by atoms with van der Waals surface area (Å²) < 4.78 is 17.1. The van der Waals surface area contributed by atoms with E-state index >= 15 is 0 Å². The molecule has 0 aliphatic carbocycles. The average molecular weight is 466 g/mol. The van der Waals surface area contributed by atoms with E-state index in [0.29, 0.717) is 12.7 Å². The normalized spacial score (nSPS) is 19.3. The van der Waals surface area contributed by atoms with Gasteiger partial charge in [-0.15, -0.1) is 0 Å². The van der Waals surface area contributed by atoms with Crippen LogP contribution in [0.4, 0.5) is 0 Å².